The fourth-order valence-electron chi connectivity index (χ4n) is 3.74. The molecular weight excluding hydrogens is 368 g/mol. The summed E-state index contributed by atoms with van der Waals surface area (Å²) >= 11 is 0. The van der Waals surface area contributed by atoms with Crippen LogP contribution >= 0.6 is 0 Å². The van der Waals surface area contributed by atoms with E-state index in [-0.39, 0.29) is 11.8 Å². The molecule has 1 aromatic carbocycles. The number of nitrogens with one attached hydrogen (secondary N) is 1. The third kappa shape index (κ3) is 4.85. The van der Waals surface area contributed by atoms with E-state index >= 15 is 0 Å². The Labute approximate surface area is 171 Å². The number of carbonyl (C=O) groups is 2. The van der Waals surface area contributed by atoms with Crippen molar-refractivity contribution in [2.45, 2.75) is 39.7 Å². The van der Waals surface area contributed by atoms with Gasteiger partial charge in [-0.1, -0.05) is 18.2 Å². The molecule has 0 spiro atoms. The number of aromatic nitrogens is 1. The van der Waals surface area contributed by atoms with Crippen LogP contribution in [0.25, 0.3) is 0 Å². The molecular formula is C22H28N4O3. The zero-order valence-electron chi connectivity index (χ0n) is 17.1. The fraction of sp³-hybridized carbons (Fsp3) is 0.500. The van der Waals surface area contributed by atoms with Gasteiger partial charge in [0.05, 0.1) is 5.69 Å². The van der Waals surface area contributed by atoms with Crippen LogP contribution in [-0.2, 0) is 17.8 Å². The van der Waals surface area contributed by atoms with Crippen molar-refractivity contribution in [3.05, 3.63) is 47.2 Å². The van der Waals surface area contributed by atoms with Gasteiger partial charge in [-0.25, -0.2) is 4.98 Å². The van der Waals surface area contributed by atoms with Crippen LogP contribution in [0.2, 0.25) is 0 Å². The van der Waals surface area contributed by atoms with Crippen LogP contribution in [0.5, 0.6) is 0 Å². The third-order valence-corrected chi connectivity index (χ3v) is 5.68. The molecule has 154 valence electrons. The van der Waals surface area contributed by atoms with Crippen molar-refractivity contribution < 1.29 is 14.0 Å². The van der Waals surface area contributed by atoms with E-state index in [4.69, 9.17) is 4.42 Å². The Hall–Kier alpha value is -2.67. The van der Waals surface area contributed by atoms with Gasteiger partial charge in [0.2, 0.25) is 11.7 Å². The molecule has 1 saturated carbocycles. The minimum atomic E-state index is -0.258. The molecule has 1 aliphatic carbocycles. The third-order valence-electron chi connectivity index (χ3n) is 5.68. The van der Waals surface area contributed by atoms with E-state index in [0.29, 0.717) is 23.3 Å². The van der Waals surface area contributed by atoms with Gasteiger partial charge >= 0.3 is 0 Å². The van der Waals surface area contributed by atoms with Gasteiger partial charge in [0, 0.05) is 51.8 Å². The number of rotatable bonds is 6. The fourth-order valence-corrected chi connectivity index (χ4v) is 3.74. The molecule has 7 heteroatoms. The van der Waals surface area contributed by atoms with Crippen LogP contribution < -0.4 is 5.32 Å². The Balaban J connectivity index is 1.41. The molecule has 0 bridgehead atoms. The number of hydrogen-bond donors (Lipinski definition) is 1. The molecule has 0 radical (unpaired) electrons. The second kappa shape index (κ2) is 8.37. The number of aryl methyl sites for hydroxylation is 1. The minimum Gasteiger partial charge on any atom is -0.435 e. The number of oxazole rings is 1. The summed E-state index contributed by atoms with van der Waals surface area (Å²) in [5.41, 5.74) is 2.47. The molecule has 29 heavy (non-hydrogen) atoms. The molecule has 1 saturated heterocycles. The first-order valence-electron chi connectivity index (χ1n) is 10.3. The Morgan fingerprint density at radius 1 is 1.17 bits per heavy atom. The maximum absolute atomic E-state index is 12.8. The van der Waals surface area contributed by atoms with Gasteiger partial charge in [0.15, 0.2) is 5.89 Å². The quantitative estimate of drug-likeness (QED) is 0.812. The summed E-state index contributed by atoms with van der Waals surface area (Å²) in [4.78, 5) is 32.9. The Bertz CT molecular complexity index is 895. The van der Waals surface area contributed by atoms with Crippen LogP contribution in [0.1, 0.15) is 47.5 Å². The lowest BCUT2D eigenvalue weighted by Gasteiger charge is -2.34. The average molecular weight is 396 g/mol. The maximum atomic E-state index is 12.8. The van der Waals surface area contributed by atoms with E-state index in [2.05, 4.69) is 15.2 Å². The zero-order chi connectivity index (χ0) is 20.4. The second-order valence-electron chi connectivity index (χ2n) is 8.06. The first kappa shape index (κ1) is 19.6. The van der Waals surface area contributed by atoms with Crippen molar-refractivity contribution in [3.8, 4) is 0 Å². The van der Waals surface area contributed by atoms with Crippen LogP contribution in [0, 0.1) is 12.8 Å². The number of amides is 2. The SMILES string of the molecule is CC(=O)N1CCN(Cc2ccccc2NC(=O)c2oc(CC3CC3)nc2C)CC1. The standard InChI is InChI=1S/C22H28N4O3/c1-15-21(29-20(23-15)13-17-7-8-17)22(28)24-19-6-4-3-5-18(19)14-25-9-11-26(12-10-25)16(2)27/h3-6,17H,7-14H2,1-2H3,(H,24,28). The van der Waals surface area contributed by atoms with E-state index in [0.717, 1.165) is 50.4 Å². The van der Waals surface area contributed by atoms with E-state index < -0.39 is 0 Å². The molecule has 2 heterocycles. The molecule has 1 aromatic heterocycles. The van der Waals surface area contributed by atoms with Crippen LogP contribution in [0.3, 0.4) is 0 Å². The normalized spacial score (nSPS) is 17.4. The molecule has 4 rings (SSSR count). The van der Waals surface area contributed by atoms with E-state index in [1.165, 1.54) is 12.8 Å². The number of para-hydroxylation sites is 1. The van der Waals surface area contributed by atoms with Gasteiger partial charge in [-0.2, -0.15) is 0 Å². The van der Waals surface area contributed by atoms with Crippen LogP contribution in [-0.4, -0.2) is 52.8 Å². The first-order chi connectivity index (χ1) is 14.0. The molecule has 0 atom stereocenters. The average Bonchev–Trinajstić information content (AvgIpc) is 3.44. The Kier molecular flexibility index (Phi) is 5.67. The molecule has 2 aromatic rings. The van der Waals surface area contributed by atoms with Crippen molar-refractivity contribution >= 4 is 17.5 Å². The number of anilines is 1. The molecule has 0 unspecified atom stereocenters. The molecule has 1 aliphatic heterocycles. The number of nitrogens with zero attached hydrogens (tertiary/aromatic N) is 3. The number of piperazine rings is 1. The summed E-state index contributed by atoms with van der Waals surface area (Å²) in [6, 6.07) is 7.83. The van der Waals surface area contributed by atoms with E-state index in [1.807, 2.05) is 36.1 Å². The highest BCUT2D eigenvalue weighted by atomic mass is 16.4. The maximum Gasteiger partial charge on any atom is 0.293 e. The summed E-state index contributed by atoms with van der Waals surface area (Å²) in [6.45, 7) is 7.29. The lowest BCUT2D eigenvalue weighted by Crippen LogP contribution is -2.47. The van der Waals surface area contributed by atoms with Gasteiger partial charge in [0.25, 0.3) is 5.91 Å². The van der Waals surface area contributed by atoms with Crippen molar-refractivity contribution in [2.75, 3.05) is 31.5 Å². The lowest BCUT2D eigenvalue weighted by atomic mass is 10.1. The summed E-state index contributed by atoms with van der Waals surface area (Å²) in [5, 5.41) is 3.00. The van der Waals surface area contributed by atoms with Crippen LogP contribution in [0.4, 0.5) is 5.69 Å². The van der Waals surface area contributed by atoms with Crippen molar-refractivity contribution in [3.63, 3.8) is 0 Å². The summed E-state index contributed by atoms with van der Waals surface area (Å²) < 4.78 is 5.75. The largest absolute Gasteiger partial charge is 0.435 e. The predicted molar refractivity (Wildman–Crippen MR) is 110 cm³/mol. The predicted octanol–water partition coefficient (Wildman–Crippen LogP) is 2.85. The van der Waals surface area contributed by atoms with Crippen LogP contribution in [0.15, 0.2) is 28.7 Å². The van der Waals surface area contributed by atoms with E-state index in [9.17, 15) is 9.59 Å². The minimum absolute atomic E-state index is 0.126. The van der Waals surface area contributed by atoms with E-state index in [1.54, 1.807) is 6.92 Å². The van der Waals surface area contributed by atoms with Gasteiger partial charge < -0.3 is 14.6 Å². The van der Waals surface area contributed by atoms with Gasteiger partial charge in [0.1, 0.15) is 0 Å². The van der Waals surface area contributed by atoms with Gasteiger partial charge in [-0.3, -0.25) is 14.5 Å². The summed E-state index contributed by atoms with van der Waals surface area (Å²) in [5.74, 6) is 1.48. The highest BCUT2D eigenvalue weighted by Gasteiger charge is 2.26. The molecule has 1 N–H and O–H groups in total. The smallest absolute Gasteiger partial charge is 0.293 e. The Morgan fingerprint density at radius 3 is 2.59 bits per heavy atom. The van der Waals surface area contributed by atoms with Crippen molar-refractivity contribution in [2.24, 2.45) is 5.92 Å². The lowest BCUT2D eigenvalue weighted by molar-refractivity contribution is -0.130. The van der Waals surface area contributed by atoms with Gasteiger partial charge in [-0.05, 0) is 37.3 Å². The van der Waals surface area contributed by atoms with Crippen molar-refractivity contribution in [1.29, 1.82) is 0 Å². The Morgan fingerprint density at radius 2 is 1.90 bits per heavy atom. The summed E-state index contributed by atoms with van der Waals surface area (Å²) in [6.07, 6.45) is 3.25. The molecule has 2 amide bonds. The summed E-state index contributed by atoms with van der Waals surface area (Å²) in [7, 11) is 0. The molecule has 2 aliphatic rings. The monoisotopic (exact) mass is 396 g/mol. The highest BCUT2D eigenvalue weighted by molar-refractivity contribution is 6.03. The first-order valence-corrected chi connectivity index (χ1v) is 10.3. The second-order valence-corrected chi connectivity index (χ2v) is 8.06. The number of carbonyl (C=O) groups excluding carboxylic acids is 2. The number of hydrogen-bond acceptors (Lipinski definition) is 5. The molecule has 7 nitrogen and oxygen atoms in total. The topological polar surface area (TPSA) is 78.7 Å². The molecule has 2 fully saturated rings. The zero-order valence-corrected chi connectivity index (χ0v) is 17.1. The van der Waals surface area contributed by atoms with Gasteiger partial charge in [-0.15, -0.1) is 0 Å². The number of benzene rings is 1. The highest BCUT2D eigenvalue weighted by Crippen LogP contribution is 2.32. The van der Waals surface area contributed by atoms with Crippen molar-refractivity contribution in [1.82, 2.24) is 14.8 Å².